The lowest BCUT2D eigenvalue weighted by Gasteiger charge is -2.12. The molecule has 1 amide bonds. The summed E-state index contributed by atoms with van der Waals surface area (Å²) in [7, 11) is 0. The normalized spacial score (nSPS) is 12.3. The third-order valence-electron chi connectivity index (χ3n) is 2.21. The summed E-state index contributed by atoms with van der Waals surface area (Å²) in [5.41, 5.74) is 0. The first-order valence-corrected chi connectivity index (χ1v) is 4.70. The Morgan fingerprint density at radius 3 is 2.87 bits per heavy atom. The first-order valence-electron chi connectivity index (χ1n) is 4.70. The fourth-order valence-corrected chi connectivity index (χ4v) is 1.30. The molecule has 2 heterocycles. The molecule has 5 heteroatoms. The maximum atomic E-state index is 11.7. The number of carbonyl (C=O) groups excluding carboxylic acids is 1. The van der Waals surface area contributed by atoms with Gasteiger partial charge in [0, 0.05) is 18.5 Å². The lowest BCUT2D eigenvalue weighted by Crippen LogP contribution is -2.22. The number of H-pyrrole nitrogens is 1. The van der Waals surface area contributed by atoms with Gasteiger partial charge in [-0.25, -0.2) is 0 Å². The summed E-state index contributed by atoms with van der Waals surface area (Å²) in [4.78, 5) is 11.7. The maximum absolute atomic E-state index is 11.7. The average Bonchev–Trinajstić information content (AvgIpc) is 2.88. The predicted octanol–water partition coefficient (Wildman–Crippen LogP) is 1.41. The van der Waals surface area contributed by atoms with Gasteiger partial charge in [0.25, 0.3) is 0 Å². The number of hydrogen-bond acceptors (Lipinski definition) is 2. The van der Waals surface area contributed by atoms with Crippen LogP contribution in [0, 0.1) is 0 Å². The number of rotatable bonds is 3. The lowest BCUT2D eigenvalue weighted by atomic mass is 10.3. The highest BCUT2D eigenvalue weighted by atomic mass is 16.2. The van der Waals surface area contributed by atoms with E-state index in [1.807, 2.05) is 36.0 Å². The fraction of sp³-hybridized carbons (Fsp3) is 0.200. The zero-order valence-electron chi connectivity index (χ0n) is 8.34. The van der Waals surface area contributed by atoms with Gasteiger partial charge in [-0.2, -0.15) is 5.10 Å². The van der Waals surface area contributed by atoms with E-state index in [-0.39, 0.29) is 11.9 Å². The minimum atomic E-state index is -0.233. The van der Waals surface area contributed by atoms with Gasteiger partial charge >= 0.3 is 0 Å². The summed E-state index contributed by atoms with van der Waals surface area (Å²) in [6.45, 7) is 1.84. The molecule has 78 valence electrons. The van der Waals surface area contributed by atoms with Gasteiger partial charge in [-0.3, -0.25) is 9.89 Å². The summed E-state index contributed by atoms with van der Waals surface area (Å²) in [5, 5.41) is 9.16. The van der Waals surface area contributed by atoms with Crippen molar-refractivity contribution in [3.63, 3.8) is 0 Å². The van der Waals surface area contributed by atoms with Crippen molar-refractivity contribution in [3.8, 4) is 0 Å². The zero-order valence-corrected chi connectivity index (χ0v) is 8.34. The van der Waals surface area contributed by atoms with E-state index >= 15 is 0 Å². The van der Waals surface area contributed by atoms with E-state index < -0.39 is 0 Å². The van der Waals surface area contributed by atoms with Crippen LogP contribution < -0.4 is 5.32 Å². The highest BCUT2D eigenvalue weighted by molar-refractivity contribution is 5.92. The second kappa shape index (κ2) is 4.00. The van der Waals surface area contributed by atoms with E-state index in [1.165, 1.54) is 0 Å². The minimum absolute atomic E-state index is 0.0737. The van der Waals surface area contributed by atoms with Crippen molar-refractivity contribution in [2.45, 2.75) is 13.0 Å². The smallest absolute Gasteiger partial charge is 0.248 e. The molecule has 2 aromatic rings. The van der Waals surface area contributed by atoms with E-state index in [4.69, 9.17) is 0 Å². The number of carbonyl (C=O) groups is 1. The summed E-state index contributed by atoms with van der Waals surface area (Å²) in [6, 6.07) is 5.25. The topological polar surface area (TPSA) is 62.7 Å². The first-order chi connectivity index (χ1) is 7.27. The van der Waals surface area contributed by atoms with Crippen LogP contribution in [0.15, 0.2) is 36.8 Å². The molecule has 0 aliphatic heterocycles. The molecule has 2 aromatic heterocycles. The molecule has 0 saturated carbocycles. The quantitative estimate of drug-likeness (QED) is 0.794. The molecule has 2 N–H and O–H groups in total. The van der Waals surface area contributed by atoms with Crippen molar-refractivity contribution >= 4 is 11.7 Å². The van der Waals surface area contributed by atoms with Crippen LogP contribution in [0.1, 0.15) is 13.0 Å². The molecule has 0 aliphatic carbocycles. The number of hydrogen-bond donors (Lipinski definition) is 2. The second-order valence-electron chi connectivity index (χ2n) is 3.27. The number of anilines is 1. The van der Waals surface area contributed by atoms with Crippen LogP contribution in [0.3, 0.4) is 0 Å². The molecule has 0 aliphatic rings. The number of aromatic nitrogens is 3. The van der Waals surface area contributed by atoms with E-state index in [1.54, 1.807) is 12.3 Å². The van der Waals surface area contributed by atoms with Crippen LogP contribution in [-0.2, 0) is 4.79 Å². The first kappa shape index (κ1) is 9.51. The molecule has 0 fully saturated rings. The van der Waals surface area contributed by atoms with Crippen LogP contribution >= 0.6 is 0 Å². The molecular formula is C10H12N4O. The summed E-state index contributed by atoms with van der Waals surface area (Å²) in [6.07, 6.45) is 5.31. The van der Waals surface area contributed by atoms with Crippen molar-refractivity contribution in [2.24, 2.45) is 0 Å². The van der Waals surface area contributed by atoms with E-state index in [0.717, 1.165) is 0 Å². The highest BCUT2D eigenvalue weighted by Gasteiger charge is 2.13. The van der Waals surface area contributed by atoms with E-state index in [9.17, 15) is 4.79 Å². The van der Waals surface area contributed by atoms with Crippen LogP contribution in [-0.4, -0.2) is 20.7 Å². The van der Waals surface area contributed by atoms with Crippen LogP contribution in [0.25, 0.3) is 0 Å². The van der Waals surface area contributed by atoms with Crippen molar-refractivity contribution in [1.29, 1.82) is 0 Å². The number of aromatic amines is 1. The molecule has 0 bridgehead atoms. The second-order valence-corrected chi connectivity index (χ2v) is 3.27. The van der Waals surface area contributed by atoms with Crippen LogP contribution in [0.5, 0.6) is 0 Å². The third-order valence-corrected chi connectivity index (χ3v) is 2.21. The molecule has 0 aromatic carbocycles. The molecule has 0 saturated heterocycles. The third kappa shape index (κ3) is 2.07. The van der Waals surface area contributed by atoms with Crippen molar-refractivity contribution in [2.75, 3.05) is 5.32 Å². The summed E-state index contributed by atoms with van der Waals surface area (Å²) in [5.74, 6) is 0.537. The summed E-state index contributed by atoms with van der Waals surface area (Å²) < 4.78 is 1.84. The van der Waals surface area contributed by atoms with Gasteiger partial charge in [0.15, 0.2) is 0 Å². The molecule has 2 rings (SSSR count). The van der Waals surface area contributed by atoms with Gasteiger partial charge in [-0.15, -0.1) is 0 Å². The lowest BCUT2D eigenvalue weighted by molar-refractivity contribution is -0.118. The Bertz CT molecular complexity index is 418. The number of amides is 1. The molecule has 1 atom stereocenters. The van der Waals surface area contributed by atoms with Gasteiger partial charge in [-0.05, 0) is 19.1 Å². The predicted molar refractivity (Wildman–Crippen MR) is 56.4 cm³/mol. The average molecular weight is 204 g/mol. The molecule has 5 nitrogen and oxygen atoms in total. The van der Waals surface area contributed by atoms with Gasteiger partial charge in [0.1, 0.15) is 11.9 Å². The van der Waals surface area contributed by atoms with Crippen molar-refractivity contribution < 1.29 is 4.79 Å². The SMILES string of the molecule is CC(C(=O)Nc1ccn[nH]1)n1cccc1. The molecule has 0 spiro atoms. The van der Waals surface area contributed by atoms with Crippen molar-refractivity contribution in [1.82, 2.24) is 14.8 Å². The van der Waals surface area contributed by atoms with Crippen molar-refractivity contribution in [3.05, 3.63) is 36.8 Å². The standard InChI is InChI=1S/C10H12N4O/c1-8(14-6-2-3-7-14)10(15)12-9-4-5-11-13-9/h2-8H,1H3,(H2,11,12,13,15). The summed E-state index contributed by atoms with van der Waals surface area (Å²) >= 11 is 0. The van der Waals surface area contributed by atoms with Crippen LogP contribution in [0.2, 0.25) is 0 Å². The fourth-order valence-electron chi connectivity index (χ4n) is 1.30. The Labute approximate surface area is 87.1 Å². The van der Waals surface area contributed by atoms with E-state index in [2.05, 4.69) is 15.5 Å². The molecule has 1 unspecified atom stereocenters. The largest absolute Gasteiger partial charge is 0.342 e. The van der Waals surface area contributed by atoms with Crippen LogP contribution in [0.4, 0.5) is 5.82 Å². The zero-order chi connectivity index (χ0) is 10.7. The Balaban J connectivity index is 2.03. The maximum Gasteiger partial charge on any atom is 0.248 e. The molecular weight excluding hydrogens is 192 g/mol. The Hall–Kier alpha value is -2.04. The minimum Gasteiger partial charge on any atom is -0.342 e. The monoisotopic (exact) mass is 204 g/mol. The Morgan fingerprint density at radius 2 is 2.27 bits per heavy atom. The van der Waals surface area contributed by atoms with Gasteiger partial charge < -0.3 is 9.88 Å². The van der Waals surface area contributed by atoms with Gasteiger partial charge in [-0.1, -0.05) is 0 Å². The number of nitrogens with zero attached hydrogens (tertiary/aromatic N) is 2. The van der Waals surface area contributed by atoms with Gasteiger partial charge in [0.05, 0.1) is 6.20 Å². The van der Waals surface area contributed by atoms with E-state index in [0.29, 0.717) is 5.82 Å². The number of nitrogens with one attached hydrogen (secondary N) is 2. The highest BCUT2D eigenvalue weighted by Crippen LogP contribution is 2.09. The Kier molecular flexibility index (Phi) is 2.53. The molecule has 0 radical (unpaired) electrons. The molecule has 15 heavy (non-hydrogen) atoms. The Morgan fingerprint density at radius 1 is 1.53 bits per heavy atom. The van der Waals surface area contributed by atoms with Gasteiger partial charge in [0.2, 0.25) is 5.91 Å².